The van der Waals surface area contributed by atoms with E-state index in [2.05, 4.69) is 10.3 Å². The normalized spacial score (nSPS) is 16.3. The van der Waals surface area contributed by atoms with Crippen LogP contribution in [0, 0.1) is 6.92 Å². The van der Waals surface area contributed by atoms with Gasteiger partial charge < -0.3 is 10.1 Å². The number of ether oxygens (including phenoxy) is 1. The molecule has 156 valence electrons. The summed E-state index contributed by atoms with van der Waals surface area (Å²) in [7, 11) is -2.97. The second-order valence-corrected chi connectivity index (χ2v) is 10.2. The van der Waals surface area contributed by atoms with Crippen LogP contribution in [0.5, 0.6) is 0 Å². The highest BCUT2D eigenvalue weighted by Crippen LogP contribution is 2.14. The van der Waals surface area contributed by atoms with E-state index in [9.17, 15) is 18.0 Å². The van der Waals surface area contributed by atoms with Gasteiger partial charge in [0.2, 0.25) is 5.91 Å². The van der Waals surface area contributed by atoms with Gasteiger partial charge in [-0.3, -0.25) is 14.5 Å². The number of esters is 1. The first-order chi connectivity index (χ1) is 13.8. The van der Waals surface area contributed by atoms with E-state index in [1.54, 1.807) is 10.3 Å². The first kappa shape index (κ1) is 21.4. The SMILES string of the molecule is Cc1ccc(NC(=O)Cc2nc(COC(=O)CN3CCS(=O)(=O)CC3)cs2)cc1. The van der Waals surface area contributed by atoms with Crippen LogP contribution in [0.3, 0.4) is 0 Å². The molecule has 1 amide bonds. The second kappa shape index (κ2) is 9.47. The molecular weight excluding hydrogens is 414 g/mol. The standard InChI is InChI=1S/C19H23N3O5S2/c1-14-2-4-15(5-3-14)20-17(23)10-18-21-16(13-28-18)12-27-19(24)11-22-6-8-29(25,26)9-7-22/h2-5,13H,6-12H2,1H3,(H,20,23). The number of nitrogens with zero attached hydrogens (tertiary/aromatic N) is 2. The number of nitrogens with one attached hydrogen (secondary N) is 1. The molecule has 29 heavy (non-hydrogen) atoms. The van der Waals surface area contributed by atoms with Crippen molar-refractivity contribution in [3.8, 4) is 0 Å². The highest BCUT2D eigenvalue weighted by molar-refractivity contribution is 7.91. The van der Waals surface area contributed by atoms with E-state index in [0.717, 1.165) is 11.3 Å². The van der Waals surface area contributed by atoms with Crippen molar-refractivity contribution in [2.75, 3.05) is 36.5 Å². The molecule has 3 rings (SSSR count). The Morgan fingerprint density at radius 3 is 2.59 bits per heavy atom. The lowest BCUT2D eigenvalue weighted by molar-refractivity contribution is -0.146. The van der Waals surface area contributed by atoms with Crippen LogP contribution in [0.4, 0.5) is 5.69 Å². The molecule has 1 saturated heterocycles. The molecule has 0 bridgehead atoms. The van der Waals surface area contributed by atoms with Crippen LogP contribution in [0.2, 0.25) is 0 Å². The van der Waals surface area contributed by atoms with E-state index in [4.69, 9.17) is 4.74 Å². The van der Waals surface area contributed by atoms with Crippen LogP contribution in [-0.4, -0.2) is 61.3 Å². The third-order valence-corrected chi connectivity index (χ3v) is 6.92. The molecule has 1 fully saturated rings. The highest BCUT2D eigenvalue weighted by Gasteiger charge is 2.23. The van der Waals surface area contributed by atoms with Crippen LogP contribution >= 0.6 is 11.3 Å². The monoisotopic (exact) mass is 437 g/mol. The smallest absolute Gasteiger partial charge is 0.320 e. The number of carbonyl (C=O) groups excluding carboxylic acids is 2. The molecule has 2 aromatic rings. The Morgan fingerprint density at radius 1 is 1.21 bits per heavy atom. The Hall–Kier alpha value is -2.30. The van der Waals surface area contributed by atoms with Gasteiger partial charge >= 0.3 is 5.97 Å². The fourth-order valence-corrected chi connectivity index (χ4v) is 4.82. The first-order valence-corrected chi connectivity index (χ1v) is 11.9. The van der Waals surface area contributed by atoms with Gasteiger partial charge in [-0.25, -0.2) is 13.4 Å². The fraction of sp³-hybridized carbons (Fsp3) is 0.421. The number of hydrogen-bond donors (Lipinski definition) is 1. The topological polar surface area (TPSA) is 106 Å². The lowest BCUT2D eigenvalue weighted by Gasteiger charge is -2.25. The van der Waals surface area contributed by atoms with Crippen molar-refractivity contribution in [3.63, 3.8) is 0 Å². The number of aromatic nitrogens is 1. The van der Waals surface area contributed by atoms with Crippen LogP contribution in [0.15, 0.2) is 29.6 Å². The molecule has 1 N–H and O–H groups in total. The molecular formula is C19H23N3O5S2. The van der Waals surface area contributed by atoms with E-state index in [1.807, 2.05) is 31.2 Å². The number of thiazole rings is 1. The number of amides is 1. The molecule has 0 saturated carbocycles. The number of aryl methyl sites for hydroxylation is 1. The molecule has 0 radical (unpaired) electrons. The first-order valence-electron chi connectivity index (χ1n) is 9.17. The van der Waals surface area contributed by atoms with Crippen LogP contribution < -0.4 is 5.32 Å². The maximum atomic E-state index is 12.1. The third kappa shape index (κ3) is 6.91. The summed E-state index contributed by atoms with van der Waals surface area (Å²) >= 11 is 1.34. The van der Waals surface area contributed by atoms with Gasteiger partial charge in [0.25, 0.3) is 0 Å². The maximum Gasteiger partial charge on any atom is 0.320 e. The van der Waals surface area contributed by atoms with Crippen molar-refractivity contribution in [3.05, 3.63) is 45.9 Å². The summed E-state index contributed by atoms with van der Waals surface area (Å²) in [4.78, 5) is 30.2. The summed E-state index contributed by atoms with van der Waals surface area (Å²) in [6.07, 6.45) is 0.148. The number of hydrogen-bond acceptors (Lipinski definition) is 8. The molecule has 0 spiro atoms. The average molecular weight is 438 g/mol. The number of sulfone groups is 1. The van der Waals surface area contributed by atoms with Crippen molar-refractivity contribution in [2.45, 2.75) is 20.0 Å². The summed E-state index contributed by atoms with van der Waals surface area (Å²) in [5.41, 5.74) is 2.44. The summed E-state index contributed by atoms with van der Waals surface area (Å²) in [6, 6.07) is 7.54. The Morgan fingerprint density at radius 2 is 1.90 bits per heavy atom. The Balaban J connectivity index is 1.41. The van der Waals surface area contributed by atoms with Gasteiger partial charge in [-0.15, -0.1) is 11.3 Å². The number of rotatable bonds is 7. The van der Waals surface area contributed by atoms with Crippen molar-refractivity contribution < 1.29 is 22.7 Å². The van der Waals surface area contributed by atoms with Crippen molar-refractivity contribution in [2.24, 2.45) is 0 Å². The summed E-state index contributed by atoms with van der Waals surface area (Å²) in [5, 5.41) is 5.22. The molecule has 0 atom stereocenters. The van der Waals surface area contributed by atoms with E-state index < -0.39 is 15.8 Å². The van der Waals surface area contributed by atoms with E-state index in [1.165, 1.54) is 11.3 Å². The average Bonchev–Trinajstić information content (AvgIpc) is 3.11. The third-order valence-electron chi connectivity index (χ3n) is 4.42. The van der Waals surface area contributed by atoms with Gasteiger partial charge in [-0.2, -0.15) is 0 Å². The highest BCUT2D eigenvalue weighted by atomic mass is 32.2. The van der Waals surface area contributed by atoms with Gasteiger partial charge in [0.15, 0.2) is 9.84 Å². The molecule has 8 nitrogen and oxygen atoms in total. The van der Waals surface area contributed by atoms with Crippen LogP contribution in [0.25, 0.3) is 0 Å². The van der Waals surface area contributed by atoms with Gasteiger partial charge in [0.05, 0.1) is 30.2 Å². The van der Waals surface area contributed by atoms with E-state index >= 15 is 0 Å². The van der Waals surface area contributed by atoms with Crippen molar-refractivity contribution in [1.82, 2.24) is 9.88 Å². The number of carbonyl (C=O) groups is 2. The predicted octanol–water partition coefficient (Wildman–Crippen LogP) is 1.41. The Labute approximate surface area is 173 Å². The minimum absolute atomic E-state index is 0.0288. The van der Waals surface area contributed by atoms with Crippen LogP contribution in [0.1, 0.15) is 16.3 Å². The van der Waals surface area contributed by atoms with E-state index in [0.29, 0.717) is 23.8 Å². The summed E-state index contributed by atoms with van der Waals surface area (Å²) in [5.74, 6) is -0.441. The zero-order chi connectivity index (χ0) is 20.9. The molecule has 1 aliphatic heterocycles. The molecule has 1 aliphatic rings. The van der Waals surface area contributed by atoms with Gasteiger partial charge in [-0.1, -0.05) is 17.7 Å². The lowest BCUT2D eigenvalue weighted by Crippen LogP contribution is -2.43. The lowest BCUT2D eigenvalue weighted by atomic mass is 10.2. The molecule has 1 aromatic carbocycles. The van der Waals surface area contributed by atoms with Gasteiger partial charge in [0.1, 0.15) is 11.6 Å². The molecule has 0 unspecified atom stereocenters. The minimum atomic E-state index is -2.97. The second-order valence-electron chi connectivity index (χ2n) is 6.91. The quantitative estimate of drug-likeness (QED) is 0.653. The summed E-state index contributed by atoms with van der Waals surface area (Å²) in [6.45, 7) is 2.75. The largest absolute Gasteiger partial charge is 0.458 e. The number of benzene rings is 1. The zero-order valence-corrected chi connectivity index (χ0v) is 17.7. The molecule has 10 heteroatoms. The van der Waals surface area contributed by atoms with Crippen molar-refractivity contribution in [1.29, 1.82) is 0 Å². The number of anilines is 1. The Bertz CT molecular complexity index is 956. The van der Waals surface area contributed by atoms with Gasteiger partial charge in [0, 0.05) is 24.2 Å². The molecule has 1 aromatic heterocycles. The fourth-order valence-electron chi connectivity index (χ4n) is 2.77. The molecule has 2 heterocycles. The van der Waals surface area contributed by atoms with E-state index in [-0.39, 0.29) is 37.0 Å². The van der Waals surface area contributed by atoms with Crippen LogP contribution in [-0.2, 0) is 37.2 Å². The summed E-state index contributed by atoms with van der Waals surface area (Å²) < 4.78 is 28.0. The van der Waals surface area contributed by atoms with Gasteiger partial charge in [-0.05, 0) is 19.1 Å². The predicted molar refractivity (Wildman–Crippen MR) is 111 cm³/mol. The molecule has 0 aliphatic carbocycles. The maximum absolute atomic E-state index is 12.1. The zero-order valence-electron chi connectivity index (χ0n) is 16.1. The van der Waals surface area contributed by atoms with Crippen molar-refractivity contribution >= 4 is 38.7 Å². The Kier molecular flexibility index (Phi) is 6.99. The minimum Gasteiger partial charge on any atom is -0.458 e.